The summed E-state index contributed by atoms with van der Waals surface area (Å²) in [6.45, 7) is 1.51. The van der Waals surface area contributed by atoms with Gasteiger partial charge < -0.3 is 5.73 Å². The van der Waals surface area contributed by atoms with Gasteiger partial charge >= 0.3 is 0 Å². The van der Waals surface area contributed by atoms with Crippen LogP contribution in [0.25, 0.3) is 0 Å². The van der Waals surface area contributed by atoms with Gasteiger partial charge in [-0.25, -0.2) is 8.42 Å². The zero-order valence-corrected chi connectivity index (χ0v) is 14.8. The lowest BCUT2D eigenvalue weighted by Gasteiger charge is -2.22. The highest BCUT2D eigenvalue weighted by Gasteiger charge is 2.25. The summed E-state index contributed by atoms with van der Waals surface area (Å²) in [5, 5.41) is 0. The smallest absolute Gasteiger partial charge is 0.232 e. The molecule has 5 nitrogen and oxygen atoms in total. The topological polar surface area (TPSA) is 80.5 Å². The van der Waals surface area contributed by atoms with Crippen LogP contribution in [-0.4, -0.2) is 36.8 Å². The molecule has 0 radical (unpaired) electrons. The van der Waals surface area contributed by atoms with Gasteiger partial charge in [-0.05, 0) is 23.6 Å². The molecule has 118 valence electrons. The van der Waals surface area contributed by atoms with Crippen molar-refractivity contribution in [3.05, 3.63) is 34.3 Å². The fraction of sp³-hybridized carbons (Fsp3) is 0.462. The van der Waals surface area contributed by atoms with E-state index in [1.165, 1.54) is 0 Å². The van der Waals surface area contributed by atoms with Gasteiger partial charge in [0, 0.05) is 16.9 Å². The molecule has 2 N–H and O–H groups in total. The average molecular weight is 398 g/mol. The molecule has 0 aromatic heterocycles. The Morgan fingerprint density at radius 2 is 1.95 bits per heavy atom. The van der Waals surface area contributed by atoms with Crippen LogP contribution in [0.4, 0.5) is 0 Å². The number of sulfonamides is 1. The van der Waals surface area contributed by atoms with E-state index in [0.29, 0.717) is 0 Å². The normalized spacial score (nSPS) is 13.3. The van der Waals surface area contributed by atoms with Gasteiger partial charge in [0.2, 0.25) is 15.9 Å². The van der Waals surface area contributed by atoms with E-state index < -0.39 is 15.9 Å². The maximum Gasteiger partial charge on any atom is 0.232 e. The fourth-order valence-corrected chi connectivity index (χ4v) is 3.95. The Hall–Kier alpha value is -0.630. The molecular weight excluding hydrogens is 380 g/mol. The molecule has 0 saturated heterocycles. The average Bonchev–Trinajstić information content (AvgIpc) is 2.39. The molecule has 1 aromatic carbocycles. The predicted molar refractivity (Wildman–Crippen MR) is 87.4 cm³/mol. The molecule has 0 aliphatic rings. The molecule has 0 heterocycles. The Balaban J connectivity index is 2.94. The molecule has 0 saturated carbocycles. The summed E-state index contributed by atoms with van der Waals surface area (Å²) in [6, 6.07) is 7.20. The van der Waals surface area contributed by atoms with Crippen molar-refractivity contribution in [1.29, 1.82) is 0 Å². The summed E-state index contributed by atoms with van der Waals surface area (Å²) in [4.78, 5) is 11.1. The number of amides is 1. The molecule has 1 aromatic rings. The van der Waals surface area contributed by atoms with E-state index in [9.17, 15) is 13.2 Å². The SMILES string of the molecule is CC(CCl)CS(=O)(=O)N(CC(N)=O)Cc1ccc(Br)cc1. The molecular formula is C13H18BrClN2O3S. The number of hydrogen-bond donors (Lipinski definition) is 1. The summed E-state index contributed by atoms with van der Waals surface area (Å²) in [7, 11) is -3.60. The minimum Gasteiger partial charge on any atom is -0.369 e. The lowest BCUT2D eigenvalue weighted by molar-refractivity contribution is -0.118. The van der Waals surface area contributed by atoms with Crippen LogP contribution < -0.4 is 5.73 Å². The summed E-state index contributed by atoms with van der Waals surface area (Å²) in [5.41, 5.74) is 5.93. The lowest BCUT2D eigenvalue weighted by Crippen LogP contribution is -2.40. The summed E-state index contributed by atoms with van der Waals surface area (Å²) < 4.78 is 26.7. The molecule has 8 heteroatoms. The van der Waals surface area contributed by atoms with Crippen LogP contribution in [0.5, 0.6) is 0 Å². The van der Waals surface area contributed by atoms with Crippen LogP contribution >= 0.6 is 27.5 Å². The first-order valence-corrected chi connectivity index (χ1v) is 9.25. The Bertz CT molecular complexity index is 578. The number of primary amides is 1. The highest BCUT2D eigenvalue weighted by molar-refractivity contribution is 9.10. The highest BCUT2D eigenvalue weighted by atomic mass is 79.9. The monoisotopic (exact) mass is 396 g/mol. The highest BCUT2D eigenvalue weighted by Crippen LogP contribution is 2.16. The second kappa shape index (κ2) is 8.12. The molecule has 1 unspecified atom stereocenters. The van der Waals surface area contributed by atoms with Crippen LogP contribution in [-0.2, 0) is 21.4 Å². The molecule has 0 fully saturated rings. The number of benzene rings is 1. The number of nitrogens with two attached hydrogens (primary N) is 1. The van der Waals surface area contributed by atoms with Crippen LogP contribution in [0.1, 0.15) is 12.5 Å². The Morgan fingerprint density at radius 3 is 2.43 bits per heavy atom. The second-order valence-corrected chi connectivity index (χ2v) is 8.14. The van der Waals surface area contributed by atoms with Gasteiger partial charge in [0.05, 0.1) is 12.3 Å². The molecule has 1 rings (SSSR count). The number of rotatable bonds is 8. The zero-order chi connectivity index (χ0) is 16.0. The molecule has 1 atom stereocenters. The van der Waals surface area contributed by atoms with Crippen molar-refractivity contribution in [3.63, 3.8) is 0 Å². The van der Waals surface area contributed by atoms with E-state index in [1.54, 1.807) is 19.1 Å². The number of carbonyl (C=O) groups excluding carboxylic acids is 1. The first kappa shape index (κ1) is 18.4. The number of halogens is 2. The van der Waals surface area contributed by atoms with Gasteiger partial charge in [-0.2, -0.15) is 4.31 Å². The summed E-state index contributed by atoms with van der Waals surface area (Å²) in [5.74, 6) is -0.756. The van der Waals surface area contributed by atoms with Crippen molar-refractivity contribution >= 4 is 43.5 Å². The van der Waals surface area contributed by atoms with E-state index >= 15 is 0 Å². The summed E-state index contributed by atoms with van der Waals surface area (Å²) in [6.07, 6.45) is 0. The van der Waals surface area contributed by atoms with Crippen LogP contribution in [0.15, 0.2) is 28.7 Å². The molecule has 0 aliphatic carbocycles. The zero-order valence-electron chi connectivity index (χ0n) is 11.6. The van der Waals surface area contributed by atoms with E-state index in [0.717, 1.165) is 14.3 Å². The van der Waals surface area contributed by atoms with E-state index in [2.05, 4.69) is 15.9 Å². The van der Waals surface area contributed by atoms with Crippen molar-refractivity contribution in [2.24, 2.45) is 11.7 Å². The first-order valence-electron chi connectivity index (χ1n) is 6.31. The minimum absolute atomic E-state index is 0.105. The van der Waals surface area contributed by atoms with Crippen LogP contribution in [0, 0.1) is 5.92 Å². The molecule has 0 aliphatic heterocycles. The van der Waals surface area contributed by atoms with Crippen molar-refractivity contribution < 1.29 is 13.2 Å². The predicted octanol–water partition coefficient (Wildman–Crippen LogP) is 1.94. The minimum atomic E-state index is -3.60. The third-order valence-electron chi connectivity index (χ3n) is 2.76. The van der Waals surface area contributed by atoms with Crippen molar-refractivity contribution in [2.45, 2.75) is 13.5 Å². The number of carbonyl (C=O) groups is 1. The number of nitrogens with zero attached hydrogens (tertiary/aromatic N) is 1. The molecule has 1 amide bonds. The Kier molecular flexibility index (Phi) is 7.12. The van der Waals surface area contributed by atoms with Gasteiger partial charge in [0.25, 0.3) is 0 Å². The third-order valence-corrected chi connectivity index (χ3v) is 5.85. The molecule has 21 heavy (non-hydrogen) atoms. The van der Waals surface area contributed by atoms with Gasteiger partial charge in [-0.1, -0.05) is 35.0 Å². The van der Waals surface area contributed by atoms with Crippen molar-refractivity contribution in [1.82, 2.24) is 4.31 Å². The fourth-order valence-electron chi connectivity index (χ4n) is 1.73. The Labute approximate surface area is 138 Å². The van der Waals surface area contributed by atoms with Crippen LogP contribution in [0.3, 0.4) is 0 Å². The van der Waals surface area contributed by atoms with E-state index in [4.69, 9.17) is 17.3 Å². The van der Waals surface area contributed by atoms with E-state index in [-0.39, 0.29) is 30.6 Å². The second-order valence-electron chi connectivity index (χ2n) is 4.90. The largest absolute Gasteiger partial charge is 0.369 e. The lowest BCUT2D eigenvalue weighted by atomic mass is 10.2. The van der Waals surface area contributed by atoms with E-state index in [1.807, 2.05) is 12.1 Å². The number of alkyl halides is 1. The Morgan fingerprint density at radius 1 is 1.38 bits per heavy atom. The quantitative estimate of drug-likeness (QED) is 0.681. The van der Waals surface area contributed by atoms with Gasteiger partial charge in [-0.3, -0.25) is 4.79 Å². The third kappa shape index (κ3) is 6.34. The van der Waals surface area contributed by atoms with Gasteiger partial charge in [0.15, 0.2) is 0 Å². The molecule has 0 spiro atoms. The number of hydrogen-bond acceptors (Lipinski definition) is 3. The van der Waals surface area contributed by atoms with Gasteiger partial charge in [0.1, 0.15) is 0 Å². The maximum absolute atomic E-state index is 12.4. The first-order chi connectivity index (χ1) is 9.74. The van der Waals surface area contributed by atoms with Crippen LogP contribution in [0.2, 0.25) is 0 Å². The maximum atomic E-state index is 12.4. The van der Waals surface area contributed by atoms with Gasteiger partial charge in [-0.15, -0.1) is 11.6 Å². The molecule has 0 bridgehead atoms. The van der Waals surface area contributed by atoms with Crippen molar-refractivity contribution in [2.75, 3.05) is 18.2 Å². The standard InChI is InChI=1S/C13H18BrClN2O3S/c1-10(6-15)9-21(19,20)17(8-13(16)18)7-11-2-4-12(14)5-3-11/h2-5,10H,6-9H2,1H3,(H2,16,18). The summed E-state index contributed by atoms with van der Waals surface area (Å²) >= 11 is 8.98. The van der Waals surface area contributed by atoms with Crippen molar-refractivity contribution in [3.8, 4) is 0 Å².